The van der Waals surface area contributed by atoms with Gasteiger partial charge in [0.15, 0.2) is 6.10 Å². The van der Waals surface area contributed by atoms with Gasteiger partial charge in [0.2, 0.25) is 0 Å². The first-order valence-corrected chi connectivity index (χ1v) is 9.05. The average molecular weight is 370 g/mol. The van der Waals surface area contributed by atoms with Crippen molar-refractivity contribution in [2.45, 2.75) is 38.0 Å². The van der Waals surface area contributed by atoms with Crippen molar-refractivity contribution in [1.29, 1.82) is 0 Å². The van der Waals surface area contributed by atoms with Crippen molar-refractivity contribution in [1.82, 2.24) is 10.6 Å². The standard InChI is InChI=1S/C21H23FN2O3/c1-2-13-7-9-14(10-8-13)20(26)24-19-16-6-4-3-5-15(16)11-17(19)23-21(27)18(25)12-22/h3-10,17-19,25H,2,11-12H2,1H3,(H,23,27)(H,24,26)/t17-,18-,19-/m1/s1. The van der Waals surface area contributed by atoms with E-state index in [-0.39, 0.29) is 5.91 Å². The van der Waals surface area contributed by atoms with Crippen molar-refractivity contribution < 1.29 is 19.1 Å². The molecule has 5 nitrogen and oxygen atoms in total. The van der Waals surface area contributed by atoms with Crippen molar-refractivity contribution in [3.8, 4) is 0 Å². The summed E-state index contributed by atoms with van der Waals surface area (Å²) in [7, 11) is 0. The molecule has 6 heteroatoms. The molecule has 1 aliphatic carbocycles. The zero-order valence-corrected chi connectivity index (χ0v) is 15.1. The summed E-state index contributed by atoms with van der Waals surface area (Å²) in [6.45, 7) is 0.899. The topological polar surface area (TPSA) is 78.4 Å². The molecule has 2 aromatic rings. The maximum atomic E-state index is 12.7. The second kappa shape index (κ2) is 8.31. The van der Waals surface area contributed by atoms with Gasteiger partial charge in [0, 0.05) is 5.56 Å². The molecule has 0 bridgehead atoms. The van der Waals surface area contributed by atoms with Crippen LogP contribution in [-0.4, -0.2) is 35.7 Å². The maximum absolute atomic E-state index is 12.7. The Balaban J connectivity index is 1.79. The number of nitrogens with one attached hydrogen (secondary N) is 2. The highest BCUT2D eigenvalue weighted by molar-refractivity contribution is 5.94. The van der Waals surface area contributed by atoms with Gasteiger partial charge in [0.25, 0.3) is 11.8 Å². The lowest BCUT2D eigenvalue weighted by atomic mass is 10.0. The first kappa shape index (κ1) is 19.0. The van der Waals surface area contributed by atoms with Crippen LogP contribution in [0.4, 0.5) is 4.39 Å². The van der Waals surface area contributed by atoms with Gasteiger partial charge in [-0.1, -0.05) is 43.3 Å². The SMILES string of the molecule is CCc1ccc(C(=O)N[C@@H]2c3ccccc3C[C@H]2NC(=O)[C@H](O)CF)cc1. The number of carbonyl (C=O) groups is 2. The molecule has 0 heterocycles. The summed E-state index contributed by atoms with van der Waals surface area (Å²) in [6, 6.07) is 14.1. The summed E-state index contributed by atoms with van der Waals surface area (Å²) in [6.07, 6.45) is -0.310. The number of carbonyl (C=O) groups excluding carboxylic acids is 2. The van der Waals surface area contributed by atoms with Crippen molar-refractivity contribution in [3.63, 3.8) is 0 Å². The number of amides is 2. The molecule has 27 heavy (non-hydrogen) atoms. The summed E-state index contributed by atoms with van der Waals surface area (Å²) in [4.78, 5) is 24.6. The van der Waals surface area contributed by atoms with Crippen LogP contribution in [0.1, 0.15) is 40.0 Å². The number of aliphatic hydroxyl groups is 1. The highest BCUT2D eigenvalue weighted by Crippen LogP contribution is 2.31. The molecule has 0 unspecified atom stereocenters. The number of hydrogen-bond donors (Lipinski definition) is 3. The van der Waals surface area contributed by atoms with Crippen LogP contribution in [0.3, 0.4) is 0 Å². The molecular weight excluding hydrogens is 347 g/mol. The Morgan fingerprint density at radius 1 is 1.15 bits per heavy atom. The quantitative estimate of drug-likeness (QED) is 0.729. The molecule has 0 aromatic heterocycles. The van der Waals surface area contributed by atoms with Gasteiger partial charge in [-0.2, -0.15) is 0 Å². The molecule has 2 amide bonds. The zero-order chi connectivity index (χ0) is 19.4. The predicted molar refractivity (Wildman–Crippen MR) is 100 cm³/mol. The third kappa shape index (κ3) is 4.17. The van der Waals surface area contributed by atoms with Crippen LogP contribution < -0.4 is 10.6 Å². The molecule has 3 rings (SSSR count). The molecule has 3 N–H and O–H groups in total. The highest BCUT2D eigenvalue weighted by Gasteiger charge is 2.35. The summed E-state index contributed by atoms with van der Waals surface area (Å²) in [5.41, 5.74) is 3.59. The number of benzene rings is 2. The second-order valence-electron chi connectivity index (χ2n) is 6.69. The number of alkyl halides is 1. The predicted octanol–water partition coefficient (Wildman–Crippen LogP) is 2.09. The Labute approximate surface area is 157 Å². The Hall–Kier alpha value is -2.73. The lowest BCUT2D eigenvalue weighted by molar-refractivity contribution is -0.130. The fourth-order valence-electron chi connectivity index (χ4n) is 3.37. The van der Waals surface area contributed by atoms with E-state index in [4.69, 9.17) is 0 Å². The minimum Gasteiger partial charge on any atom is -0.381 e. The summed E-state index contributed by atoms with van der Waals surface area (Å²) >= 11 is 0. The lowest BCUT2D eigenvalue weighted by Gasteiger charge is -2.24. The third-order valence-corrected chi connectivity index (χ3v) is 4.92. The lowest BCUT2D eigenvalue weighted by Crippen LogP contribution is -2.48. The Bertz CT molecular complexity index is 822. The molecule has 3 atom stereocenters. The smallest absolute Gasteiger partial charge is 0.251 e. The summed E-state index contributed by atoms with van der Waals surface area (Å²) in [5, 5.41) is 15.1. The number of fused-ring (bicyclic) bond motifs is 1. The Morgan fingerprint density at radius 3 is 2.52 bits per heavy atom. The van der Waals surface area contributed by atoms with Crippen molar-refractivity contribution in [3.05, 3.63) is 70.8 Å². The number of rotatable bonds is 6. The van der Waals surface area contributed by atoms with Gasteiger partial charge in [0.1, 0.15) is 6.67 Å². The van der Waals surface area contributed by atoms with E-state index >= 15 is 0 Å². The van der Waals surface area contributed by atoms with Gasteiger partial charge < -0.3 is 15.7 Å². The van der Waals surface area contributed by atoms with Crippen LogP contribution in [-0.2, 0) is 17.6 Å². The number of hydrogen-bond acceptors (Lipinski definition) is 3. The average Bonchev–Trinajstić information content (AvgIpc) is 3.04. The Morgan fingerprint density at radius 2 is 1.85 bits per heavy atom. The maximum Gasteiger partial charge on any atom is 0.251 e. The molecule has 0 aliphatic heterocycles. The molecule has 142 valence electrons. The van der Waals surface area contributed by atoms with Gasteiger partial charge in [-0.25, -0.2) is 4.39 Å². The van der Waals surface area contributed by atoms with Crippen molar-refractivity contribution in [2.24, 2.45) is 0 Å². The fraction of sp³-hybridized carbons (Fsp3) is 0.333. The number of aliphatic hydroxyl groups excluding tert-OH is 1. The van der Waals surface area contributed by atoms with Crippen LogP contribution in [0.5, 0.6) is 0 Å². The molecule has 0 saturated carbocycles. The van der Waals surface area contributed by atoms with Gasteiger partial charge in [0.05, 0.1) is 12.1 Å². The first-order valence-electron chi connectivity index (χ1n) is 9.05. The first-order chi connectivity index (χ1) is 13.0. The largest absolute Gasteiger partial charge is 0.381 e. The second-order valence-corrected chi connectivity index (χ2v) is 6.69. The fourth-order valence-corrected chi connectivity index (χ4v) is 3.37. The van der Waals surface area contributed by atoms with Crippen LogP contribution in [0.2, 0.25) is 0 Å². The van der Waals surface area contributed by atoms with E-state index in [2.05, 4.69) is 10.6 Å². The monoisotopic (exact) mass is 370 g/mol. The van der Waals surface area contributed by atoms with E-state index in [1.165, 1.54) is 0 Å². The van der Waals surface area contributed by atoms with Crippen LogP contribution in [0.15, 0.2) is 48.5 Å². The van der Waals surface area contributed by atoms with Gasteiger partial charge >= 0.3 is 0 Å². The van der Waals surface area contributed by atoms with E-state index in [1.54, 1.807) is 12.1 Å². The molecule has 2 aromatic carbocycles. The zero-order valence-electron chi connectivity index (χ0n) is 15.1. The Kier molecular flexibility index (Phi) is 5.86. The molecular formula is C21H23FN2O3. The molecule has 0 radical (unpaired) electrons. The summed E-state index contributed by atoms with van der Waals surface area (Å²) in [5.74, 6) is -1.02. The minimum atomic E-state index is -1.70. The van der Waals surface area contributed by atoms with Crippen LogP contribution in [0.25, 0.3) is 0 Å². The molecule has 0 saturated heterocycles. The van der Waals surface area contributed by atoms with Crippen molar-refractivity contribution >= 4 is 11.8 Å². The minimum absolute atomic E-state index is 0.246. The molecule has 0 spiro atoms. The highest BCUT2D eigenvalue weighted by atomic mass is 19.1. The van der Waals surface area contributed by atoms with Gasteiger partial charge in [-0.15, -0.1) is 0 Å². The third-order valence-electron chi connectivity index (χ3n) is 4.92. The molecule has 0 fully saturated rings. The van der Waals surface area contributed by atoms with E-state index in [9.17, 15) is 19.1 Å². The van der Waals surface area contributed by atoms with Crippen LogP contribution >= 0.6 is 0 Å². The number of aryl methyl sites for hydroxylation is 1. The van der Waals surface area contributed by atoms with Gasteiger partial charge in [-0.3, -0.25) is 9.59 Å². The van der Waals surface area contributed by atoms with E-state index < -0.39 is 30.8 Å². The summed E-state index contributed by atoms with van der Waals surface area (Å²) < 4.78 is 12.6. The van der Waals surface area contributed by atoms with Gasteiger partial charge in [-0.05, 0) is 41.7 Å². The van der Waals surface area contributed by atoms with Crippen LogP contribution in [0, 0.1) is 0 Å². The van der Waals surface area contributed by atoms with E-state index in [0.717, 1.165) is 23.1 Å². The normalized spacial score (nSPS) is 19.2. The van der Waals surface area contributed by atoms with Crippen molar-refractivity contribution in [2.75, 3.05) is 6.67 Å². The number of halogens is 1. The van der Waals surface area contributed by atoms with E-state index in [0.29, 0.717) is 12.0 Å². The molecule has 1 aliphatic rings. The van der Waals surface area contributed by atoms with E-state index in [1.807, 2.05) is 43.3 Å².